The Morgan fingerprint density at radius 3 is 2.43 bits per heavy atom. The first kappa shape index (κ1) is 22.2. The normalized spacial score (nSPS) is 12.0. The van der Waals surface area contributed by atoms with E-state index in [0.717, 1.165) is 5.56 Å². The molecule has 1 unspecified atom stereocenters. The predicted molar refractivity (Wildman–Crippen MR) is 115 cm³/mol. The average Bonchev–Trinajstić information content (AvgIpc) is 2.60. The van der Waals surface area contributed by atoms with Crippen LogP contribution in [0.4, 0.5) is 11.4 Å². The fourth-order valence-corrected chi connectivity index (χ4v) is 2.78. The summed E-state index contributed by atoms with van der Waals surface area (Å²) in [7, 11) is 0. The van der Waals surface area contributed by atoms with Crippen LogP contribution in [0.3, 0.4) is 0 Å². The number of benzene rings is 2. The Balaban J connectivity index is 2.13. The summed E-state index contributed by atoms with van der Waals surface area (Å²) in [6.45, 7) is 1.84. The third-order valence-corrected chi connectivity index (χ3v) is 4.38. The molecule has 7 nitrogen and oxygen atoms in total. The summed E-state index contributed by atoms with van der Waals surface area (Å²) in [5.41, 5.74) is 1.23. The van der Waals surface area contributed by atoms with Crippen molar-refractivity contribution in [2.45, 2.75) is 16.9 Å². The quantitative estimate of drug-likeness (QED) is 0.202. The molecule has 28 heavy (non-hydrogen) atoms. The Morgan fingerprint density at radius 1 is 1.14 bits per heavy atom. The monoisotopic (exact) mass is 460 g/mol. The zero-order valence-corrected chi connectivity index (χ0v) is 17.5. The number of thiocarbonyl (C=S) groups is 1. The summed E-state index contributed by atoms with van der Waals surface area (Å²) in [5.74, 6) is -0.485. The molecule has 2 aromatic rings. The van der Waals surface area contributed by atoms with Crippen LogP contribution < -0.4 is 16.0 Å². The summed E-state index contributed by atoms with van der Waals surface area (Å²) in [6, 6.07) is 12.8. The molecule has 1 atom stereocenters. The van der Waals surface area contributed by atoms with Gasteiger partial charge in [-0.05, 0) is 37.3 Å². The highest BCUT2D eigenvalue weighted by Crippen LogP contribution is 2.30. The fourth-order valence-electron chi connectivity index (χ4n) is 2.23. The van der Waals surface area contributed by atoms with Crippen molar-refractivity contribution in [3.05, 3.63) is 69.8 Å². The number of halogens is 3. The number of nitro groups is 1. The minimum atomic E-state index is -1.95. The van der Waals surface area contributed by atoms with Crippen LogP contribution in [0.2, 0.25) is 0 Å². The van der Waals surface area contributed by atoms with Gasteiger partial charge in [0.25, 0.3) is 11.6 Å². The largest absolute Gasteiger partial charge is 0.339 e. The summed E-state index contributed by atoms with van der Waals surface area (Å²) in [5, 5.41) is 18.9. The van der Waals surface area contributed by atoms with E-state index in [1.165, 1.54) is 18.2 Å². The van der Waals surface area contributed by atoms with Gasteiger partial charge in [-0.15, -0.1) is 0 Å². The Labute approximate surface area is 181 Å². The van der Waals surface area contributed by atoms with E-state index in [-0.39, 0.29) is 16.5 Å². The number of aryl methyl sites for hydroxylation is 1. The summed E-state index contributed by atoms with van der Waals surface area (Å²) in [4.78, 5) is 23.0. The van der Waals surface area contributed by atoms with E-state index >= 15 is 0 Å². The fraction of sp³-hybridized carbons (Fsp3) is 0.176. The zero-order chi connectivity index (χ0) is 20.9. The van der Waals surface area contributed by atoms with Gasteiger partial charge in [0, 0.05) is 11.6 Å². The lowest BCUT2D eigenvalue weighted by molar-refractivity contribution is -0.383. The number of amides is 1. The molecule has 0 saturated carbocycles. The molecule has 0 aliphatic rings. The van der Waals surface area contributed by atoms with Crippen LogP contribution in [0.15, 0.2) is 48.5 Å². The number of anilines is 1. The molecule has 0 heterocycles. The van der Waals surface area contributed by atoms with Gasteiger partial charge in [-0.2, -0.15) is 0 Å². The van der Waals surface area contributed by atoms with Gasteiger partial charge in [-0.1, -0.05) is 64.6 Å². The Kier molecular flexibility index (Phi) is 7.42. The third-order valence-electron chi connectivity index (χ3n) is 3.51. The molecule has 0 radical (unpaired) electrons. The molecule has 0 saturated heterocycles. The van der Waals surface area contributed by atoms with Gasteiger partial charge in [0.05, 0.1) is 4.92 Å². The van der Waals surface area contributed by atoms with E-state index in [1.807, 2.05) is 13.0 Å². The minimum absolute atomic E-state index is 0.0739. The van der Waals surface area contributed by atoms with Crippen LogP contribution in [0.25, 0.3) is 0 Å². The molecular weight excluding hydrogens is 447 g/mol. The lowest BCUT2D eigenvalue weighted by Gasteiger charge is -2.27. The van der Waals surface area contributed by atoms with Crippen LogP contribution in [0.1, 0.15) is 15.9 Å². The maximum Gasteiger partial charge on any atom is 0.292 e. The number of rotatable bonds is 5. The van der Waals surface area contributed by atoms with Crippen LogP contribution in [-0.4, -0.2) is 25.9 Å². The molecule has 1 amide bonds. The topological polar surface area (TPSA) is 96.3 Å². The Hall–Kier alpha value is -2.13. The number of nitrogens with one attached hydrogen (secondary N) is 3. The van der Waals surface area contributed by atoms with E-state index in [1.54, 1.807) is 24.3 Å². The molecule has 0 aliphatic heterocycles. The number of hydrogen-bond donors (Lipinski definition) is 3. The van der Waals surface area contributed by atoms with Crippen LogP contribution >= 0.6 is 47.0 Å². The third kappa shape index (κ3) is 6.20. The van der Waals surface area contributed by atoms with Gasteiger partial charge < -0.3 is 16.0 Å². The van der Waals surface area contributed by atoms with Crippen molar-refractivity contribution in [2.24, 2.45) is 0 Å². The highest BCUT2D eigenvalue weighted by atomic mass is 35.6. The first-order valence-corrected chi connectivity index (χ1v) is 9.37. The van der Waals surface area contributed by atoms with Crippen molar-refractivity contribution in [2.75, 3.05) is 5.32 Å². The lowest BCUT2D eigenvalue weighted by atomic mass is 10.1. The van der Waals surface area contributed by atoms with E-state index in [2.05, 4.69) is 16.0 Å². The molecule has 0 fully saturated rings. The van der Waals surface area contributed by atoms with Crippen molar-refractivity contribution in [3.63, 3.8) is 0 Å². The number of carbonyl (C=O) groups is 1. The number of hydrogen-bond acceptors (Lipinski definition) is 4. The number of carbonyl (C=O) groups excluding carboxylic acids is 1. The van der Waals surface area contributed by atoms with Crippen molar-refractivity contribution < 1.29 is 9.72 Å². The second-order valence-corrected chi connectivity index (χ2v) is 8.47. The summed E-state index contributed by atoms with van der Waals surface area (Å²) in [6.07, 6.45) is -1.20. The van der Waals surface area contributed by atoms with Crippen molar-refractivity contribution in [3.8, 4) is 0 Å². The maximum atomic E-state index is 12.5. The van der Waals surface area contributed by atoms with Gasteiger partial charge in [-0.3, -0.25) is 14.9 Å². The van der Waals surface area contributed by atoms with Crippen molar-refractivity contribution >= 4 is 69.4 Å². The second-order valence-electron chi connectivity index (χ2n) is 5.69. The molecule has 11 heteroatoms. The van der Waals surface area contributed by atoms with Gasteiger partial charge in [0.15, 0.2) is 5.11 Å². The molecule has 0 bridgehead atoms. The van der Waals surface area contributed by atoms with Gasteiger partial charge in [0.2, 0.25) is 3.79 Å². The minimum Gasteiger partial charge on any atom is -0.339 e. The number of alkyl halides is 3. The first-order chi connectivity index (χ1) is 13.1. The first-order valence-electron chi connectivity index (χ1n) is 7.83. The maximum absolute atomic E-state index is 12.5. The van der Waals surface area contributed by atoms with Gasteiger partial charge in [0.1, 0.15) is 11.9 Å². The molecule has 148 valence electrons. The SMILES string of the molecule is Cc1cccc(C(=O)NC(NC(=S)Nc2ccccc2[N+](=O)[O-])C(Cl)(Cl)Cl)c1. The average molecular weight is 462 g/mol. The second kappa shape index (κ2) is 9.38. The van der Waals surface area contributed by atoms with Crippen LogP contribution in [0, 0.1) is 17.0 Å². The van der Waals surface area contributed by atoms with Crippen LogP contribution in [0.5, 0.6) is 0 Å². The van der Waals surface area contributed by atoms with E-state index in [9.17, 15) is 14.9 Å². The molecule has 2 aromatic carbocycles. The van der Waals surface area contributed by atoms with Crippen molar-refractivity contribution in [1.82, 2.24) is 10.6 Å². The van der Waals surface area contributed by atoms with Gasteiger partial charge in [-0.25, -0.2) is 0 Å². The van der Waals surface area contributed by atoms with E-state index in [0.29, 0.717) is 5.56 Å². The lowest BCUT2D eigenvalue weighted by Crippen LogP contribution is -2.56. The molecular formula is C17H15Cl3N4O3S. The highest BCUT2D eigenvalue weighted by Gasteiger charge is 2.35. The Bertz CT molecular complexity index is 905. The molecule has 0 spiro atoms. The Morgan fingerprint density at radius 2 is 1.82 bits per heavy atom. The molecule has 3 N–H and O–H groups in total. The summed E-state index contributed by atoms with van der Waals surface area (Å²) >= 11 is 23.0. The van der Waals surface area contributed by atoms with Gasteiger partial charge >= 0.3 is 0 Å². The predicted octanol–water partition coefficient (Wildman–Crippen LogP) is 4.32. The smallest absolute Gasteiger partial charge is 0.292 e. The molecule has 0 aromatic heterocycles. The highest BCUT2D eigenvalue weighted by molar-refractivity contribution is 7.80. The van der Waals surface area contributed by atoms with E-state index < -0.39 is 20.8 Å². The standard InChI is InChI=1S/C17H15Cl3N4O3S/c1-10-5-4-6-11(9-10)14(25)22-15(17(18,19)20)23-16(28)21-12-7-2-3-8-13(12)24(26)27/h2-9,15H,1H3,(H,22,25)(H2,21,23,28). The number of nitro benzene ring substituents is 1. The molecule has 0 aliphatic carbocycles. The number of para-hydroxylation sites is 2. The number of nitrogens with zero attached hydrogens (tertiary/aromatic N) is 1. The van der Waals surface area contributed by atoms with E-state index in [4.69, 9.17) is 47.0 Å². The van der Waals surface area contributed by atoms with Crippen LogP contribution in [-0.2, 0) is 0 Å². The summed E-state index contributed by atoms with van der Waals surface area (Å²) < 4.78 is -1.95. The zero-order valence-electron chi connectivity index (χ0n) is 14.4. The molecule has 2 rings (SSSR count). The van der Waals surface area contributed by atoms with Crippen molar-refractivity contribution in [1.29, 1.82) is 0 Å².